The van der Waals surface area contributed by atoms with Gasteiger partial charge in [-0.05, 0) is 41.2 Å². The standard InChI is InChI=1S/C11H16BrClN2O/c1-15(5-4-14)6-7-16-11-3-2-9(13)8-10(11)12/h2-3,8H,4-7,14H2,1H3. The van der Waals surface area contributed by atoms with E-state index in [1.165, 1.54) is 0 Å². The van der Waals surface area contributed by atoms with Gasteiger partial charge in [0.05, 0.1) is 4.47 Å². The van der Waals surface area contributed by atoms with Crippen LogP contribution in [0.2, 0.25) is 5.02 Å². The summed E-state index contributed by atoms with van der Waals surface area (Å²) in [6, 6.07) is 5.49. The molecule has 0 aliphatic heterocycles. The molecular formula is C11H16BrClN2O. The van der Waals surface area contributed by atoms with Gasteiger partial charge in [0.1, 0.15) is 12.4 Å². The van der Waals surface area contributed by atoms with Crippen LogP contribution in [-0.2, 0) is 0 Å². The van der Waals surface area contributed by atoms with E-state index in [-0.39, 0.29) is 0 Å². The molecule has 0 radical (unpaired) electrons. The minimum Gasteiger partial charge on any atom is -0.491 e. The Morgan fingerprint density at radius 3 is 2.81 bits per heavy atom. The number of nitrogens with zero attached hydrogens (tertiary/aromatic N) is 1. The Morgan fingerprint density at radius 2 is 2.19 bits per heavy atom. The quantitative estimate of drug-likeness (QED) is 0.877. The van der Waals surface area contributed by atoms with Crippen molar-refractivity contribution in [1.29, 1.82) is 0 Å². The Morgan fingerprint density at radius 1 is 1.44 bits per heavy atom. The van der Waals surface area contributed by atoms with E-state index in [0.29, 0.717) is 18.2 Å². The van der Waals surface area contributed by atoms with Crippen LogP contribution in [0.15, 0.2) is 22.7 Å². The lowest BCUT2D eigenvalue weighted by molar-refractivity contribution is 0.240. The van der Waals surface area contributed by atoms with E-state index in [2.05, 4.69) is 20.8 Å². The Labute approximate surface area is 110 Å². The van der Waals surface area contributed by atoms with Crippen molar-refractivity contribution in [2.24, 2.45) is 5.73 Å². The molecule has 0 fully saturated rings. The highest BCUT2D eigenvalue weighted by Crippen LogP contribution is 2.27. The fourth-order valence-electron chi connectivity index (χ4n) is 1.24. The van der Waals surface area contributed by atoms with Crippen molar-refractivity contribution >= 4 is 27.5 Å². The molecule has 16 heavy (non-hydrogen) atoms. The summed E-state index contributed by atoms with van der Waals surface area (Å²) in [5, 5.41) is 0.694. The van der Waals surface area contributed by atoms with Crippen LogP contribution < -0.4 is 10.5 Å². The SMILES string of the molecule is CN(CCN)CCOc1ccc(Cl)cc1Br. The number of halogens is 2. The van der Waals surface area contributed by atoms with Crippen LogP contribution in [0.4, 0.5) is 0 Å². The van der Waals surface area contributed by atoms with Crippen LogP contribution in [0.5, 0.6) is 5.75 Å². The molecule has 0 unspecified atom stereocenters. The zero-order valence-electron chi connectivity index (χ0n) is 9.25. The summed E-state index contributed by atoms with van der Waals surface area (Å²) in [6.45, 7) is 3.04. The molecule has 0 spiro atoms. The molecule has 1 aromatic carbocycles. The van der Waals surface area contributed by atoms with Crippen molar-refractivity contribution in [2.45, 2.75) is 0 Å². The fourth-order valence-corrected chi connectivity index (χ4v) is 2.03. The van der Waals surface area contributed by atoms with Crippen LogP contribution in [0, 0.1) is 0 Å². The Bertz CT molecular complexity index is 336. The normalized spacial score (nSPS) is 10.8. The molecule has 0 bridgehead atoms. The van der Waals surface area contributed by atoms with E-state index in [1.54, 1.807) is 0 Å². The smallest absolute Gasteiger partial charge is 0.133 e. The van der Waals surface area contributed by atoms with Gasteiger partial charge in [0.25, 0.3) is 0 Å². The molecular weight excluding hydrogens is 291 g/mol. The molecule has 2 N–H and O–H groups in total. The first kappa shape index (κ1) is 13.8. The molecule has 0 saturated heterocycles. The van der Waals surface area contributed by atoms with Crippen molar-refractivity contribution in [3.63, 3.8) is 0 Å². The van der Waals surface area contributed by atoms with Crippen LogP contribution in [0.25, 0.3) is 0 Å². The van der Waals surface area contributed by atoms with Gasteiger partial charge in [0.2, 0.25) is 0 Å². The maximum absolute atomic E-state index is 5.84. The lowest BCUT2D eigenvalue weighted by Gasteiger charge is -2.16. The van der Waals surface area contributed by atoms with Gasteiger partial charge in [-0.3, -0.25) is 0 Å². The molecule has 3 nitrogen and oxygen atoms in total. The third-order valence-electron chi connectivity index (χ3n) is 2.14. The average Bonchev–Trinajstić information content (AvgIpc) is 2.22. The first-order valence-corrected chi connectivity index (χ1v) is 6.27. The van der Waals surface area contributed by atoms with Crippen molar-refractivity contribution in [3.05, 3.63) is 27.7 Å². The molecule has 0 atom stereocenters. The largest absolute Gasteiger partial charge is 0.491 e. The summed E-state index contributed by atoms with van der Waals surface area (Å²) in [5.74, 6) is 0.811. The minimum atomic E-state index is 0.636. The third-order valence-corrected chi connectivity index (χ3v) is 2.99. The Kier molecular flexibility index (Phi) is 6.13. The predicted molar refractivity (Wildman–Crippen MR) is 71.2 cm³/mol. The highest BCUT2D eigenvalue weighted by molar-refractivity contribution is 9.10. The van der Waals surface area contributed by atoms with Gasteiger partial charge < -0.3 is 15.4 Å². The van der Waals surface area contributed by atoms with Gasteiger partial charge in [-0.25, -0.2) is 0 Å². The van der Waals surface area contributed by atoms with Gasteiger partial charge >= 0.3 is 0 Å². The number of hydrogen-bond donors (Lipinski definition) is 1. The second kappa shape index (κ2) is 7.12. The number of likely N-dealkylation sites (N-methyl/N-ethyl adjacent to an activating group) is 1. The fraction of sp³-hybridized carbons (Fsp3) is 0.455. The molecule has 0 heterocycles. The molecule has 0 aliphatic carbocycles. The van der Waals surface area contributed by atoms with E-state index in [0.717, 1.165) is 23.3 Å². The molecule has 0 aliphatic rings. The molecule has 0 amide bonds. The van der Waals surface area contributed by atoms with E-state index in [1.807, 2.05) is 25.2 Å². The maximum atomic E-state index is 5.84. The molecule has 5 heteroatoms. The third kappa shape index (κ3) is 4.70. The monoisotopic (exact) mass is 306 g/mol. The number of ether oxygens (including phenoxy) is 1. The van der Waals surface area contributed by atoms with Crippen LogP contribution in [-0.4, -0.2) is 38.2 Å². The summed E-state index contributed by atoms with van der Waals surface area (Å²) in [6.07, 6.45) is 0. The predicted octanol–water partition coefficient (Wildman–Crippen LogP) is 2.37. The van der Waals surface area contributed by atoms with E-state index in [9.17, 15) is 0 Å². The highest BCUT2D eigenvalue weighted by atomic mass is 79.9. The number of benzene rings is 1. The second-order valence-electron chi connectivity index (χ2n) is 3.52. The molecule has 1 aromatic rings. The van der Waals surface area contributed by atoms with Gasteiger partial charge in [-0.1, -0.05) is 11.6 Å². The molecule has 0 saturated carbocycles. The van der Waals surface area contributed by atoms with Crippen molar-refractivity contribution < 1.29 is 4.74 Å². The number of rotatable bonds is 6. The summed E-state index contributed by atoms with van der Waals surface area (Å²) < 4.78 is 6.50. The summed E-state index contributed by atoms with van der Waals surface area (Å²) in [7, 11) is 2.02. The first-order chi connectivity index (χ1) is 7.63. The lowest BCUT2D eigenvalue weighted by Crippen LogP contribution is -2.29. The number of nitrogens with two attached hydrogens (primary N) is 1. The van der Waals surface area contributed by atoms with E-state index in [4.69, 9.17) is 22.1 Å². The maximum Gasteiger partial charge on any atom is 0.133 e. The Hall–Kier alpha value is -0.290. The van der Waals surface area contributed by atoms with Crippen molar-refractivity contribution in [3.8, 4) is 5.75 Å². The van der Waals surface area contributed by atoms with Gasteiger partial charge in [0, 0.05) is 24.7 Å². The first-order valence-electron chi connectivity index (χ1n) is 5.10. The summed E-state index contributed by atoms with van der Waals surface area (Å²) in [4.78, 5) is 2.13. The molecule has 0 aromatic heterocycles. The zero-order chi connectivity index (χ0) is 12.0. The molecule has 1 rings (SSSR count). The molecule has 90 valence electrons. The summed E-state index contributed by atoms with van der Waals surface area (Å²) >= 11 is 9.24. The van der Waals surface area contributed by atoms with Crippen molar-refractivity contribution in [2.75, 3.05) is 33.3 Å². The lowest BCUT2D eigenvalue weighted by atomic mass is 10.3. The second-order valence-corrected chi connectivity index (χ2v) is 4.81. The minimum absolute atomic E-state index is 0.636. The van der Waals surface area contributed by atoms with Crippen LogP contribution in [0.3, 0.4) is 0 Å². The highest BCUT2D eigenvalue weighted by Gasteiger charge is 2.02. The van der Waals surface area contributed by atoms with Crippen LogP contribution >= 0.6 is 27.5 Å². The summed E-state index contributed by atoms with van der Waals surface area (Å²) in [5.41, 5.74) is 5.45. The topological polar surface area (TPSA) is 38.5 Å². The van der Waals surface area contributed by atoms with E-state index >= 15 is 0 Å². The van der Waals surface area contributed by atoms with E-state index < -0.39 is 0 Å². The van der Waals surface area contributed by atoms with Gasteiger partial charge in [-0.2, -0.15) is 0 Å². The van der Waals surface area contributed by atoms with Crippen LogP contribution in [0.1, 0.15) is 0 Å². The van der Waals surface area contributed by atoms with Crippen molar-refractivity contribution in [1.82, 2.24) is 4.90 Å². The Balaban J connectivity index is 2.37. The van der Waals surface area contributed by atoms with Gasteiger partial charge in [0.15, 0.2) is 0 Å². The average molecular weight is 308 g/mol. The number of hydrogen-bond acceptors (Lipinski definition) is 3. The van der Waals surface area contributed by atoms with Gasteiger partial charge in [-0.15, -0.1) is 0 Å². The zero-order valence-corrected chi connectivity index (χ0v) is 11.6.